The van der Waals surface area contributed by atoms with E-state index in [1.807, 2.05) is 6.92 Å². The van der Waals surface area contributed by atoms with Crippen molar-refractivity contribution in [3.8, 4) is 0 Å². The van der Waals surface area contributed by atoms with Gasteiger partial charge >= 0.3 is 0 Å². The smallest absolute Gasteiger partial charge is 0.214 e. The minimum absolute atomic E-state index is 0.308. The second-order valence-corrected chi connectivity index (χ2v) is 8.43. The summed E-state index contributed by atoms with van der Waals surface area (Å²) >= 11 is 0. The third kappa shape index (κ3) is 3.92. The standard InChI is InChI=1S/C14H28N2O2S/c1-3-11-19(17,18)16-9-7-15(8-10-16)14-6-4-5-13(2)12-14/h13-14H,3-12H2,1-2H3/p+1/t13-,14-/m0/s1. The lowest BCUT2D eigenvalue weighted by molar-refractivity contribution is -0.930. The summed E-state index contributed by atoms with van der Waals surface area (Å²) < 4.78 is 25.8. The first-order chi connectivity index (χ1) is 9.03. The van der Waals surface area contributed by atoms with E-state index in [4.69, 9.17) is 0 Å². The van der Waals surface area contributed by atoms with E-state index in [0.29, 0.717) is 5.75 Å². The molecule has 0 bridgehead atoms. The number of nitrogens with zero attached hydrogens (tertiary/aromatic N) is 1. The van der Waals surface area contributed by atoms with Crippen molar-refractivity contribution in [3.05, 3.63) is 0 Å². The van der Waals surface area contributed by atoms with Gasteiger partial charge in [0, 0.05) is 6.42 Å². The maximum absolute atomic E-state index is 12.0. The summed E-state index contributed by atoms with van der Waals surface area (Å²) in [6.07, 6.45) is 6.11. The zero-order valence-electron chi connectivity index (χ0n) is 12.4. The molecule has 2 rings (SSSR count). The van der Waals surface area contributed by atoms with Gasteiger partial charge in [-0.25, -0.2) is 8.42 Å². The third-order valence-electron chi connectivity index (χ3n) is 4.73. The maximum atomic E-state index is 12.0. The van der Waals surface area contributed by atoms with Gasteiger partial charge in [-0.1, -0.05) is 20.3 Å². The van der Waals surface area contributed by atoms with E-state index in [0.717, 1.165) is 44.6 Å². The number of hydrogen-bond acceptors (Lipinski definition) is 2. The number of nitrogens with one attached hydrogen (secondary N) is 1. The Balaban J connectivity index is 1.85. The molecule has 1 N–H and O–H groups in total. The zero-order valence-corrected chi connectivity index (χ0v) is 13.2. The van der Waals surface area contributed by atoms with Crippen molar-refractivity contribution in [2.45, 2.75) is 52.0 Å². The molecule has 2 aliphatic rings. The second kappa shape index (κ2) is 6.55. The monoisotopic (exact) mass is 289 g/mol. The summed E-state index contributed by atoms with van der Waals surface area (Å²) in [5.74, 6) is 1.16. The molecular weight excluding hydrogens is 260 g/mol. The molecule has 0 radical (unpaired) electrons. The largest absolute Gasteiger partial charge is 0.330 e. The first-order valence-electron chi connectivity index (χ1n) is 7.85. The van der Waals surface area contributed by atoms with Crippen molar-refractivity contribution in [3.63, 3.8) is 0 Å². The van der Waals surface area contributed by atoms with E-state index in [1.165, 1.54) is 25.7 Å². The van der Waals surface area contributed by atoms with Gasteiger partial charge in [0.15, 0.2) is 0 Å². The number of piperazine rings is 1. The molecular formula is C14H29N2O2S+. The van der Waals surface area contributed by atoms with Crippen LogP contribution in [0.15, 0.2) is 0 Å². The molecule has 2 fully saturated rings. The lowest BCUT2D eigenvalue weighted by atomic mass is 9.86. The fourth-order valence-corrected chi connectivity index (χ4v) is 5.16. The van der Waals surface area contributed by atoms with Gasteiger partial charge in [-0.05, 0) is 25.2 Å². The lowest BCUT2D eigenvalue weighted by Gasteiger charge is -2.38. The first-order valence-corrected chi connectivity index (χ1v) is 9.46. The molecule has 1 saturated heterocycles. The van der Waals surface area contributed by atoms with Gasteiger partial charge in [0.25, 0.3) is 0 Å². The average Bonchev–Trinajstić information content (AvgIpc) is 2.39. The van der Waals surface area contributed by atoms with E-state index < -0.39 is 10.0 Å². The van der Waals surface area contributed by atoms with Crippen LogP contribution < -0.4 is 4.90 Å². The molecule has 0 aromatic rings. The predicted molar refractivity (Wildman–Crippen MR) is 77.8 cm³/mol. The Morgan fingerprint density at radius 2 is 1.89 bits per heavy atom. The Bertz CT molecular complexity index is 375. The quantitative estimate of drug-likeness (QED) is 0.819. The normalized spacial score (nSPS) is 31.5. The Labute approximate surface area is 118 Å². The molecule has 1 aliphatic carbocycles. The molecule has 4 nitrogen and oxygen atoms in total. The highest BCUT2D eigenvalue weighted by molar-refractivity contribution is 7.89. The van der Waals surface area contributed by atoms with Gasteiger partial charge in [-0.3, -0.25) is 0 Å². The molecule has 0 spiro atoms. The van der Waals surface area contributed by atoms with Crippen LogP contribution >= 0.6 is 0 Å². The Morgan fingerprint density at radius 3 is 2.47 bits per heavy atom. The highest BCUT2D eigenvalue weighted by Gasteiger charge is 2.33. The Kier molecular flexibility index (Phi) is 5.26. The van der Waals surface area contributed by atoms with E-state index in [9.17, 15) is 8.42 Å². The fourth-order valence-electron chi connectivity index (χ4n) is 3.65. The van der Waals surface area contributed by atoms with Gasteiger partial charge in [-0.2, -0.15) is 4.31 Å². The number of quaternary nitrogens is 1. The van der Waals surface area contributed by atoms with E-state index in [-0.39, 0.29) is 0 Å². The fraction of sp³-hybridized carbons (Fsp3) is 1.00. The number of rotatable bonds is 4. The molecule has 0 aromatic heterocycles. The SMILES string of the molecule is CCCS(=O)(=O)N1CC[NH+]([C@H]2CCC[C@H](C)C2)CC1. The van der Waals surface area contributed by atoms with Crippen LogP contribution in [0, 0.1) is 5.92 Å². The van der Waals surface area contributed by atoms with Crippen LogP contribution in [0.25, 0.3) is 0 Å². The molecule has 1 aliphatic heterocycles. The van der Waals surface area contributed by atoms with Gasteiger partial charge in [0.2, 0.25) is 10.0 Å². The summed E-state index contributed by atoms with van der Waals surface area (Å²) in [5, 5.41) is 0. The average molecular weight is 289 g/mol. The van der Waals surface area contributed by atoms with Crippen LogP contribution in [-0.2, 0) is 10.0 Å². The topological polar surface area (TPSA) is 41.8 Å². The van der Waals surface area contributed by atoms with Crippen LogP contribution in [0.1, 0.15) is 46.0 Å². The molecule has 0 aromatic carbocycles. The van der Waals surface area contributed by atoms with Crippen LogP contribution in [0.4, 0.5) is 0 Å². The van der Waals surface area contributed by atoms with Crippen molar-refractivity contribution >= 4 is 10.0 Å². The summed E-state index contributed by atoms with van der Waals surface area (Å²) in [4.78, 5) is 1.65. The summed E-state index contributed by atoms with van der Waals surface area (Å²) in [6.45, 7) is 7.74. The van der Waals surface area contributed by atoms with Crippen molar-refractivity contribution in [2.75, 3.05) is 31.9 Å². The minimum Gasteiger partial charge on any atom is -0.330 e. The predicted octanol–water partition coefficient (Wildman–Crippen LogP) is 0.505. The number of sulfonamides is 1. The molecule has 19 heavy (non-hydrogen) atoms. The van der Waals surface area contributed by atoms with Crippen LogP contribution in [0.2, 0.25) is 0 Å². The Morgan fingerprint density at radius 1 is 1.21 bits per heavy atom. The molecule has 1 heterocycles. The van der Waals surface area contributed by atoms with E-state index in [1.54, 1.807) is 9.21 Å². The zero-order chi connectivity index (χ0) is 13.9. The van der Waals surface area contributed by atoms with Gasteiger partial charge in [-0.15, -0.1) is 0 Å². The lowest BCUT2D eigenvalue weighted by Crippen LogP contribution is -3.18. The van der Waals surface area contributed by atoms with Crippen molar-refractivity contribution in [1.82, 2.24) is 4.31 Å². The molecule has 0 unspecified atom stereocenters. The molecule has 2 atom stereocenters. The minimum atomic E-state index is -2.98. The van der Waals surface area contributed by atoms with Gasteiger partial charge in [0.1, 0.15) is 0 Å². The van der Waals surface area contributed by atoms with E-state index >= 15 is 0 Å². The van der Waals surface area contributed by atoms with Gasteiger partial charge in [0.05, 0.1) is 38.0 Å². The molecule has 1 saturated carbocycles. The van der Waals surface area contributed by atoms with Crippen LogP contribution in [0.5, 0.6) is 0 Å². The number of hydrogen-bond donors (Lipinski definition) is 1. The summed E-state index contributed by atoms with van der Waals surface area (Å²) in [7, 11) is -2.98. The molecule has 5 heteroatoms. The first kappa shape index (κ1) is 15.3. The highest BCUT2D eigenvalue weighted by atomic mass is 32.2. The van der Waals surface area contributed by atoms with Crippen molar-refractivity contribution < 1.29 is 13.3 Å². The maximum Gasteiger partial charge on any atom is 0.214 e. The van der Waals surface area contributed by atoms with Crippen molar-refractivity contribution in [2.24, 2.45) is 5.92 Å². The van der Waals surface area contributed by atoms with Crippen LogP contribution in [-0.4, -0.2) is 50.7 Å². The summed E-state index contributed by atoms with van der Waals surface area (Å²) in [5.41, 5.74) is 0. The second-order valence-electron chi connectivity index (χ2n) is 6.34. The molecule has 112 valence electrons. The highest BCUT2D eigenvalue weighted by Crippen LogP contribution is 2.22. The third-order valence-corrected chi connectivity index (χ3v) is 6.81. The van der Waals surface area contributed by atoms with E-state index in [2.05, 4.69) is 6.92 Å². The Hall–Kier alpha value is -0.130. The van der Waals surface area contributed by atoms with Crippen LogP contribution in [0.3, 0.4) is 0 Å². The van der Waals surface area contributed by atoms with Crippen molar-refractivity contribution in [1.29, 1.82) is 0 Å². The molecule has 0 amide bonds. The summed E-state index contributed by atoms with van der Waals surface area (Å²) in [6, 6.07) is 0.778. The van der Waals surface area contributed by atoms with Gasteiger partial charge < -0.3 is 4.90 Å².